The van der Waals surface area contributed by atoms with Gasteiger partial charge in [0.25, 0.3) is 0 Å². The molecule has 3 rings (SSSR count). The normalized spacial score (nSPS) is 10.2. The van der Waals surface area contributed by atoms with Gasteiger partial charge in [0, 0.05) is 18.0 Å². The van der Waals surface area contributed by atoms with Crippen LogP contribution in [0.4, 0.5) is 9.59 Å². The van der Waals surface area contributed by atoms with Crippen LogP contribution >= 0.6 is 0 Å². The van der Waals surface area contributed by atoms with Gasteiger partial charge in [-0.1, -0.05) is 66.7 Å². The van der Waals surface area contributed by atoms with Crippen molar-refractivity contribution in [2.45, 2.75) is 19.4 Å². The molecule has 0 saturated carbocycles. The lowest BCUT2D eigenvalue weighted by Gasteiger charge is -2.20. The number of nitrogens with one attached hydrogen (secondary N) is 2. The molecule has 0 spiro atoms. The molecule has 0 bridgehead atoms. The van der Waals surface area contributed by atoms with Gasteiger partial charge in [-0.25, -0.2) is 9.59 Å². The summed E-state index contributed by atoms with van der Waals surface area (Å²) in [5.74, 6) is 0. The largest absolute Gasteiger partial charge is 0.445 e. The molecule has 3 aromatic rings. The summed E-state index contributed by atoms with van der Waals surface area (Å²) in [6.07, 6.45) is 0.939. The molecule has 1 aromatic heterocycles. The Morgan fingerprint density at radius 3 is 1.72 bits per heavy atom. The van der Waals surface area contributed by atoms with E-state index in [1.165, 1.54) is 0 Å². The molecule has 2 amide bonds. The molecule has 0 atom stereocenters. The van der Waals surface area contributed by atoms with Gasteiger partial charge in [-0.15, -0.1) is 0 Å². The number of aromatic nitrogens is 1. The maximum Gasteiger partial charge on any atom is 0.409 e. The van der Waals surface area contributed by atoms with Crippen molar-refractivity contribution in [3.05, 3.63) is 102 Å². The van der Waals surface area contributed by atoms with Crippen LogP contribution in [0.5, 0.6) is 0 Å². The summed E-state index contributed by atoms with van der Waals surface area (Å²) < 4.78 is 10.5. The Hall–Kier alpha value is -3.87. The van der Waals surface area contributed by atoms with Crippen molar-refractivity contribution in [3.8, 4) is 0 Å². The van der Waals surface area contributed by atoms with Crippen LogP contribution in [0.2, 0.25) is 0 Å². The number of benzene rings is 2. The average Bonchev–Trinajstić information content (AvgIpc) is 2.78. The number of hydrogen-bond donors (Lipinski definition) is 2. The quantitative estimate of drug-likeness (QED) is 0.596. The Kier molecular flexibility index (Phi) is 7.17. The number of ether oxygens (including phenoxy) is 2. The van der Waals surface area contributed by atoms with E-state index in [1.807, 2.05) is 60.7 Å². The lowest BCUT2D eigenvalue weighted by Crippen LogP contribution is -2.41. The molecule has 29 heavy (non-hydrogen) atoms. The fourth-order valence-electron chi connectivity index (χ4n) is 2.51. The fraction of sp³-hybridized carbons (Fsp3) is 0.136. The van der Waals surface area contributed by atoms with Crippen LogP contribution in [0.1, 0.15) is 22.9 Å². The molecule has 0 radical (unpaired) electrons. The second-order valence-corrected chi connectivity index (χ2v) is 6.13. The third kappa shape index (κ3) is 6.66. The lowest BCUT2D eigenvalue weighted by atomic mass is 10.2. The van der Waals surface area contributed by atoms with Gasteiger partial charge in [0.1, 0.15) is 19.4 Å². The standard InChI is InChI=1S/C22H21N3O4/c26-21(28-15-17-8-3-1-4-9-17)24-20(19-12-7-13-23-14-19)25-22(27)29-16-18-10-5-2-6-11-18/h1-14,20H,15-16H2,(H,24,26)(H,25,27). The van der Waals surface area contributed by atoms with E-state index in [4.69, 9.17) is 9.47 Å². The molecule has 0 fully saturated rings. The van der Waals surface area contributed by atoms with Crippen LogP contribution in [0.15, 0.2) is 85.2 Å². The molecule has 1 heterocycles. The topological polar surface area (TPSA) is 89.6 Å². The van der Waals surface area contributed by atoms with Gasteiger partial charge in [-0.2, -0.15) is 0 Å². The molecule has 0 aliphatic rings. The molecule has 2 aromatic carbocycles. The highest BCUT2D eigenvalue weighted by Crippen LogP contribution is 2.10. The van der Waals surface area contributed by atoms with Crippen LogP contribution < -0.4 is 10.6 Å². The zero-order valence-electron chi connectivity index (χ0n) is 15.7. The number of alkyl carbamates (subject to hydrolysis) is 2. The highest BCUT2D eigenvalue weighted by atomic mass is 16.6. The Balaban J connectivity index is 1.57. The maximum absolute atomic E-state index is 12.2. The summed E-state index contributed by atoms with van der Waals surface area (Å²) in [6.45, 7) is 0.232. The predicted molar refractivity (Wildman–Crippen MR) is 107 cm³/mol. The lowest BCUT2D eigenvalue weighted by molar-refractivity contribution is 0.122. The van der Waals surface area contributed by atoms with E-state index in [0.717, 1.165) is 11.1 Å². The first kappa shape index (κ1) is 19.9. The Labute approximate surface area is 168 Å². The van der Waals surface area contributed by atoms with Crippen molar-refractivity contribution in [2.75, 3.05) is 0 Å². The van der Waals surface area contributed by atoms with Crippen molar-refractivity contribution in [3.63, 3.8) is 0 Å². The van der Waals surface area contributed by atoms with Crippen LogP contribution in [0.3, 0.4) is 0 Å². The highest BCUT2D eigenvalue weighted by Gasteiger charge is 2.19. The third-order valence-corrected chi connectivity index (χ3v) is 3.97. The second kappa shape index (κ2) is 10.5. The summed E-state index contributed by atoms with van der Waals surface area (Å²) in [4.78, 5) is 28.5. The van der Waals surface area contributed by atoms with Crippen molar-refractivity contribution in [1.82, 2.24) is 15.6 Å². The molecule has 0 aliphatic carbocycles. The van der Waals surface area contributed by atoms with Crippen LogP contribution in [-0.4, -0.2) is 17.2 Å². The minimum Gasteiger partial charge on any atom is -0.445 e. The SMILES string of the molecule is O=C(NC(NC(=O)OCc1ccccc1)c1cccnc1)OCc1ccccc1. The zero-order chi connectivity index (χ0) is 20.3. The summed E-state index contributed by atoms with van der Waals surface area (Å²) in [5, 5.41) is 5.24. The van der Waals surface area contributed by atoms with E-state index < -0.39 is 18.4 Å². The Morgan fingerprint density at radius 2 is 1.28 bits per heavy atom. The molecule has 7 nitrogen and oxygen atoms in total. The molecular weight excluding hydrogens is 370 g/mol. The number of carbonyl (C=O) groups excluding carboxylic acids is 2. The number of pyridine rings is 1. The third-order valence-electron chi connectivity index (χ3n) is 3.97. The molecule has 0 saturated heterocycles. The van der Waals surface area contributed by atoms with Crippen LogP contribution in [0.25, 0.3) is 0 Å². The first-order chi connectivity index (χ1) is 14.2. The Bertz CT molecular complexity index is 848. The van der Waals surface area contributed by atoms with E-state index in [1.54, 1.807) is 24.5 Å². The molecule has 148 valence electrons. The predicted octanol–water partition coefficient (Wildman–Crippen LogP) is 3.93. The number of hydrogen-bond acceptors (Lipinski definition) is 5. The van der Waals surface area contributed by atoms with Gasteiger partial charge in [-0.3, -0.25) is 15.6 Å². The van der Waals surface area contributed by atoms with E-state index in [-0.39, 0.29) is 13.2 Å². The summed E-state index contributed by atoms with van der Waals surface area (Å²) in [5.41, 5.74) is 2.30. The number of rotatable bonds is 7. The first-order valence-electron chi connectivity index (χ1n) is 9.05. The smallest absolute Gasteiger partial charge is 0.409 e. The monoisotopic (exact) mass is 391 g/mol. The van der Waals surface area contributed by atoms with Gasteiger partial charge >= 0.3 is 12.2 Å². The minimum absolute atomic E-state index is 0.116. The van der Waals surface area contributed by atoms with Crippen LogP contribution in [-0.2, 0) is 22.7 Å². The highest BCUT2D eigenvalue weighted by molar-refractivity contribution is 5.71. The van der Waals surface area contributed by atoms with E-state index in [9.17, 15) is 9.59 Å². The maximum atomic E-state index is 12.2. The average molecular weight is 391 g/mol. The van der Waals surface area contributed by atoms with Crippen LogP contribution in [0, 0.1) is 0 Å². The molecule has 0 aliphatic heterocycles. The van der Waals surface area contributed by atoms with Crippen molar-refractivity contribution >= 4 is 12.2 Å². The fourth-order valence-corrected chi connectivity index (χ4v) is 2.51. The van der Waals surface area contributed by atoms with Gasteiger partial charge < -0.3 is 9.47 Å². The van der Waals surface area contributed by atoms with Gasteiger partial charge in [0.05, 0.1) is 0 Å². The number of amides is 2. The summed E-state index contributed by atoms with van der Waals surface area (Å²) in [6, 6.07) is 22.0. The molecule has 0 unspecified atom stereocenters. The molecule has 2 N–H and O–H groups in total. The Morgan fingerprint density at radius 1 is 0.759 bits per heavy atom. The molecule has 7 heteroatoms. The summed E-state index contributed by atoms with van der Waals surface area (Å²) >= 11 is 0. The first-order valence-corrected chi connectivity index (χ1v) is 9.05. The minimum atomic E-state index is -0.852. The van der Waals surface area contributed by atoms with Crippen molar-refractivity contribution < 1.29 is 19.1 Å². The van der Waals surface area contributed by atoms with Gasteiger partial charge in [0.15, 0.2) is 0 Å². The van der Waals surface area contributed by atoms with E-state index in [0.29, 0.717) is 5.56 Å². The number of nitrogens with zero attached hydrogens (tertiary/aromatic N) is 1. The summed E-state index contributed by atoms with van der Waals surface area (Å²) in [7, 11) is 0. The van der Waals surface area contributed by atoms with Crippen molar-refractivity contribution in [1.29, 1.82) is 0 Å². The van der Waals surface area contributed by atoms with E-state index >= 15 is 0 Å². The van der Waals surface area contributed by atoms with Crippen molar-refractivity contribution in [2.24, 2.45) is 0 Å². The van der Waals surface area contributed by atoms with Gasteiger partial charge in [-0.05, 0) is 17.2 Å². The van der Waals surface area contributed by atoms with E-state index in [2.05, 4.69) is 15.6 Å². The zero-order valence-corrected chi connectivity index (χ0v) is 15.7. The molecular formula is C22H21N3O4. The second-order valence-electron chi connectivity index (χ2n) is 6.13. The van der Waals surface area contributed by atoms with Gasteiger partial charge in [0.2, 0.25) is 0 Å². The number of carbonyl (C=O) groups is 2.